The first kappa shape index (κ1) is 14.3. The molecule has 0 amide bonds. The molecule has 0 atom stereocenters. The maximum Gasteiger partial charge on any atom is 0.169 e. The van der Waals surface area contributed by atoms with E-state index < -0.39 is 0 Å². The monoisotopic (exact) mass is 319 g/mol. The third-order valence-corrected chi connectivity index (χ3v) is 4.01. The van der Waals surface area contributed by atoms with Gasteiger partial charge in [0.1, 0.15) is 5.75 Å². The van der Waals surface area contributed by atoms with E-state index in [1.807, 2.05) is 30.3 Å². The van der Waals surface area contributed by atoms with E-state index in [9.17, 15) is 0 Å². The molecule has 0 N–H and O–H groups in total. The molecule has 3 rings (SSSR count). The maximum atomic E-state index is 6.34. The second-order valence-electron chi connectivity index (χ2n) is 4.93. The summed E-state index contributed by atoms with van der Waals surface area (Å²) in [5.41, 5.74) is 2.07. The molecule has 0 saturated carbocycles. The molecule has 108 valence electrons. The van der Waals surface area contributed by atoms with E-state index in [0.29, 0.717) is 15.8 Å². The minimum atomic E-state index is 0.517. The highest BCUT2D eigenvalue weighted by Gasteiger charge is 2.21. The lowest BCUT2D eigenvalue weighted by molar-refractivity contribution is 0.470. The summed E-state index contributed by atoms with van der Waals surface area (Å²) >= 11 is 12.5. The van der Waals surface area contributed by atoms with Crippen LogP contribution in [0.2, 0.25) is 10.0 Å². The van der Waals surface area contributed by atoms with Crippen molar-refractivity contribution < 1.29 is 4.74 Å². The fourth-order valence-corrected chi connectivity index (χ4v) is 3.05. The normalized spacial score (nSPS) is 13.5. The summed E-state index contributed by atoms with van der Waals surface area (Å²) < 4.78 is 6.08. The average Bonchev–Trinajstić information content (AvgIpc) is 2.45. The molecule has 0 saturated heterocycles. The summed E-state index contributed by atoms with van der Waals surface area (Å²) in [4.78, 5) is 2.18. The molecular formula is C17H15Cl2NO. The Morgan fingerprint density at radius 2 is 2.05 bits per heavy atom. The number of rotatable bonds is 2. The van der Waals surface area contributed by atoms with Crippen molar-refractivity contribution in [2.24, 2.45) is 0 Å². The van der Waals surface area contributed by atoms with E-state index in [2.05, 4.69) is 17.5 Å². The number of hydrogen-bond donors (Lipinski definition) is 0. The first-order valence-electron chi connectivity index (χ1n) is 6.79. The summed E-state index contributed by atoms with van der Waals surface area (Å²) in [5.74, 6) is 1.50. The Morgan fingerprint density at radius 1 is 1.24 bits per heavy atom. The Hall–Kier alpha value is -1.64. The van der Waals surface area contributed by atoms with Gasteiger partial charge in [0.25, 0.3) is 0 Å². The van der Waals surface area contributed by atoms with E-state index in [4.69, 9.17) is 27.9 Å². The van der Waals surface area contributed by atoms with Gasteiger partial charge in [-0.05, 0) is 30.2 Å². The minimum Gasteiger partial charge on any atom is -0.453 e. The van der Waals surface area contributed by atoms with Gasteiger partial charge in [0.15, 0.2) is 5.75 Å². The molecule has 0 fully saturated rings. The van der Waals surface area contributed by atoms with Gasteiger partial charge in [-0.3, -0.25) is 0 Å². The van der Waals surface area contributed by atoms with Gasteiger partial charge in [0.05, 0.1) is 10.7 Å². The third kappa shape index (κ3) is 2.87. The first-order chi connectivity index (χ1) is 10.2. The summed E-state index contributed by atoms with van der Waals surface area (Å²) in [7, 11) is 0. The SMILES string of the molecule is C=CCN1CCc2ccccc2Oc2c(Cl)cc(Cl)cc21. The fraction of sp³-hybridized carbons (Fsp3) is 0.176. The standard InChI is InChI=1S/C17H15Cl2NO/c1-2-8-20-9-7-12-5-3-4-6-16(12)21-17-14(19)10-13(18)11-15(17)20/h2-6,10-11H,1,7-9H2. The van der Waals surface area contributed by atoms with E-state index in [0.717, 1.165) is 30.9 Å². The Kier molecular flexibility index (Phi) is 4.09. The Labute approximate surface area is 134 Å². The molecule has 0 aromatic heterocycles. The van der Waals surface area contributed by atoms with Crippen LogP contribution >= 0.6 is 23.2 Å². The molecule has 0 spiro atoms. The van der Waals surface area contributed by atoms with E-state index >= 15 is 0 Å². The number of fused-ring (bicyclic) bond motifs is 2. The van der Waals surface area contributed by atoms with Gasteiger partial charge in [-0.15, -0.1) is 6.58 Å². The van der Waals surface area contributed by atoms with Crippen LogP contribution in [0.4, 0.5) is 5.69 Å². The molecule has 2 nitrogen and oxygen atoms in total. The molecule has 2 aromatic rings. The molecule has 0 radical (unpaired) electrons. The molecule has 0 unspecified atom stereocenters. The van der Waals surface area contributed by atoms with E-state index in [-0.39, 0.29) is 0 Å². The van der Waals surface area contributed by atoms with Crippen molar-refractivity contribution in [3.63, 3.8) is 0 Å². The Morgan fingerprint density at radius 3 is 2.86 bits per heavy atom. The lowest BCUT2D eigenvalue weighted by Crippen LogP contribution is -2.27. The number of halogens is 2. The molecule has 1 heterocycles. The number of anilines is 1. The van der Waals surface area contributed by atoms with Crippen molar-refractivity contribution in [1.29, 1.82) is 0 Å². The first-order valence-corrected chi connectivity index (χ1v) is 7.55. The van der Waals surface area contributed by atoms with Gasteiger partial charge in [0, 0.05) is 18.1 Å². The van der Waals surface area contributed by atoms with Gasteiger partial charge in [-0.1, -0.05) is 47.5 Å². The molecule has 2 aromatic carbocycles. The molecule has 0 bridgehead atoms. The predicted octanol–water partition coefficient (Wildman–Crippen LogP) is 5.33. The fourth-order valence-electron chi connectivity index (χ4n) is 2.52. The second-order valence-corrected chi connectivity index (χ2v) is 5.77. The van der Waals surface area contributed by atoms with Crippen LogP contribution < -0.4 is 9.64 Å². The van der Waals surface area contributed by atoms with E-state index in [1.165, 1.54) is 5.56 Å². The second kappa shape index (κ2) is 6.00. The minimum absolute atomic E-state index is 0.517. The van der Waals surface area contributed by atoms with Gasteiger partial charge in [-0.25, -0.2) is 0 Å². The van der Waals surface area contributed by atoms with Crippen molar-refractivity contribution >= 4 is 28.9 Å². The molecule has 1 aliphatic heterocycles. The summed E-state index contributed by atoms with van der Waals surface area (Å²) in [6, 6.07) is 11.6. The lowest BCUT2D eigenvalue weighted by Gasteiger charge is -2.29. The van der Waals surface area contributed by atoms with Crippen molar-refractivity contribution in [2.45, 2.75) is 6.42 Å². The highest BCUT2D eigenvalue weighted by Crippen LogP contribution is 2.43. The van der Waals surface area contributed by atoms with Crippen molar-refractivity contribution in [3.05, 3.63) is 64.7 Å². The number of hydrogen-bond acceptors (Lipinski definition) is 2. The zero-order valence-electron chi connectivity index (χ0n) is 11.5. The predicted molar refractivity (Wildman–Crippen MR) is 89.1 cm³/mol. The Bertz CT molecular complexity index is 684. The summed E-state index contributed by atoms with van der Waals surface area (Å²) in [5, 5.41) is 1.12. The van der Waals surface area contributed by atoms with Gasteiger partial charge in [-0.2, -0.15) is 0 Å². The molecule has 1 aliphatic rings. The largest absolute Gasteiger partial charge is 0.453 e. The van der Waals surface area contributed by atoms with Crippen LogP contribution in [-0.4, -0.2) is 13.1 Å². The average molecular weight is 320 g/mol. The molecule has 4 heteroatoms. The number of para-hydroxylation sites is 1. The van der Waals surface area contributed by atoms with E-state index in [1.54, 1.807) is 6.07 Å². The Balaban J connectivity index is 2.14. The molecule has 0 aliphatic carbocycles. The highest BCUT2D eigenvalue weighted by molar-refractivity contribution is 6.36. The summed E-state index contributed by atoms with van der Waals surface area (Å²) in [6.45, 7) is 5.40. The van der Waals surface area contributed by atoms with Crippen LogP contribution in [0.1, 0.15) is 5.56 Å². The van der Waals surface area contributed by atoms with Gasteiger partial charge >= 0.3 is 0 Å². The van der Waals surface area contributed by atoms with Crippen LogP contribution in [0.3, 0.4) is 0 Å². The zero-order valence-corrected chi connectivity index (χ0v) is 13.0. The number of nitrogens with zero attached hydrogens (tertiary/aromatic N) is 1. The highest BCUT2D eigenvalue weighted by atomic mass is 35.5. The molecular weight excluding hydrogens is 305 g/mol. The smallest absolute Gasteiger partial charge is 0.169 e. The topological polar surface area (TPSA) is 12.5 Å². The zero-order chi connectivity index (χ0) is 14.8. The van der Waals surface area contributed by atoms with Gasteiger partial charge in [0.2, 0.25) is 0 Å². The van der Waals surface area contributed by atoms with Crippen molar-refractivity contribution in [2.75, 3.05) is 18.0 Å². The van der Waals surface area contributed by atoms with Crippen LogP contribution in [0.15, 0.2) is 49.1 Å². The van der Waals surface area contributed by atoms with Crippen molar-refractivity contribution in [1.82, 2.24) is 0 Å². The van der Waals surface area contributed by atoms with Crippen LogP contribution in [-0.2, 0) is 6.42 Å². The summed E-state index contributed by atoms with van der Waals surface area (Å²) in [6.07, 6.45) is 2.76. The van der Waals surface area contributed by atoms with Crippen LogP contribution in [0, 0.1) is 0 Å². The lowest BCUT2D eigenvalue weighted by atomic mass is 10.1. The number of ether oxygens (including phenoxy) is 1. The van der Waals surface area contributed by atoms with Crippen molar-refractivity contribution in [3.8, 4) is 11.5 Å². The van der Waals surface area contributed by atoms with Crippen LogP contribution in [0.5, 0.6) is 11.5 Å². The molecule has 21 heavy (non-hydrogen) atoms. The maximum absolute atomic E-state index is 6.34. The van der Waals surface area contributed by atoms with Crippen LogP contribution in [0.25, 0.3) is 0 Å². The third-order valence-electron chi connectivity index (χ3n) is 3.51. The number of benzene rings is 2. The van der Waals surface area contributed by atoms with Gasteiger partial charge < -0.3 is 9.64 Å². The quantitative estimate of drug-likeness (QED) is 0.693.